The van der Waals surface area contributed by atoms with Crippen LogP contribution in [0.4, 0.5) is 0 Å². The normalized spacial score (nSPS) is 12.9. The van der Waals surface area contributed by atoms with Crippen molar-refractivity contribution < 1.29 is 4.42 Å². The van der Waals surface area contributed by atoms with Gasteiger partial charge in [0.05, 0.1) is 24.5 Å². The van der Waals surface area contributed by atoms with Crippen molar-refractivity contribution in [2.24, 2.45) is 4.99 Å². The van der Waals surface area contributed by atoms with Crippen molar-refractivity contribution in [3.63, 3.8) is 0 Å². The number of benzene rings is 1. The van der Waals surface area contributed by atoms with Crippen molar-refractivity contribution >= 4 is 29.9 Å². The zero-order valence-electron chi connectivity index (χ0n) is 17.5. The number of nitrogens with zero attached hydrogens (tertiary/aromatic N) is 4. The maximum Gasteiger partial charge on any atom is 0.213 e. The molecule has 2 N–H and O–H groups in total. The van der Waals surface area contributed by atoms with Crippen LogP contribution in [-0.2, 0) is 12.0 Å². The van der Waals surface area contributed by atoms with Crippen LogP contribution in [0.3, 0.4) is 0 Å². The maximum absolute atomic E-state index is 5.82. The first kappa shape index (κ1) is 22.9. The van der Waals surface area contributed by atoms with Gasteiger partial charge in [0.15, 0.2) is 5.96 Å². The summed E-state index contributed by atoms with van der Waals surface area (Å²) < 4.78 is 7.67. The van der Waals surface area contributed by atoms with Gasteiger partial charge in [0.2, 0.25) is 5.89 Å². The molecule has 0 aliphatic carbocycles. The van der Waals surface area contributed by atoms with E-state index >= 15 is 0 Å². The molecule has 0 saturated heterocycles. The molecule has 2 heterocycles. The smallest absolute Gasteiger partial charge is 0.213 e. The molecule has 1 unspecified atom stereocenters. The van der Waals surface area contributed by atoms with Gasteiger partial charge in [0.1, 0.15) is 5.76 Å². The third kappa shape index (κ3) is 6.06. The summed E-state index contributed by atoms with van der Waals surface area (Å²) in [4.78, 5) is 8.65. The highest BCUT2D eigenvalue weighted by molar-refractivity contribution is 14.0. The molecule has 3 rings (SSSR count). The van der Waals surface area contributed by atoms with Crippen LogP contribution in [0.5, 0.6) is 0 Å². The van der Waals surface area contributed by atoms with Crippen LogP contribution in [0.15, 0.2) is 58.3 Å². The lowest BCUT2D eigenvalue weighted by Crippen LogP contribution is -2.38. The number of oxazole rings is 1. The molecule has 2 aromatic heterocycles. The highest BCUT2D eigenvalue weighted by Gasteiger charge is 2.19. The molecule has 0 spiro atoms. The van der Waals surface area contributed by atoms with E-state index in [0.29, 0.717) is 18.4 Å². The first-order chi connectivity index (χ1) is 13.4. The standard InChI is InChI=1S/C21H28N6O.HI/c1-15(16-8-6-9-17(12-16)27-11-7-10-25-27)26-20(22-5)24-14-19-23-13-18(28-19)21(2,3)4;/h6-13,15H,14H2,1-5H3,(H2,22,24,26);1H. The van der Waals surface area contributed by atoms with Crippen molar-refractivity contribution in [1.82, 2.24) is 25.4 Å². The Balaban J connectivity index is 0.00000300. The van der Waals surface area contributed by atoms with Crippen molar-refractivity contribution in [2.45, 2.75) is 45.7 Å². The monoisotopic (exact) mass is 508 g/mol. The fourth-order valence-corrected chi connectivity index (χ4v) is 2.74. The van der Waals surface area contributed by atoms with Crippen LogP contribution in [-0.4, -0.2) is 27.8 Å². The Morgan fingerprint density at radius 2 is 2.07 bits per heavy atom. The molecule has 29 heavy (non-hydrogen) atoms. The lowest BCUT2D eigenvalue weighted by Gasteiger charge is -2.18. The predicted octanol–water partition coefficient (Wildman–Crippen LogP) is 4.20. The van der Waals surface area contributed by atoms with E-state index < -0.39 is 0 Å². The van der Waals surface area contributed by atoms with Crippen LogP contribution in [0.25, 0.3) is 5.69 Å². The zero-order chi connectivity index (χ0) is 20.1. The van der Waals surface area contributed by atoms with Gasteiger partial charge in [-0.25, -0.2) is 9.67 Å². The molecule has 156 valence electrons. The van der Waals surface area contributed by atoms with Gasteiger partial charge >= 0.3 is 0 Å². The van der Waals surface area contributed by atoms with E-state index in [0.717, 1.165) is 17.0 Å². The Morgan fingerprint density at radius 3 is 2.69 bits per heavy atom. The quantitative estimate of drug-likeness (QED) is 0.307. The van der Waals surface area contributed by atoms with E-state index in [2.05, 4.69) is 65.5 Å². The number of guanidine groups is 1. The highest BCUT2D eigenvalue weighted by atomic mass is 127. The molecule has 0 fully saturated rings. The summed E-state index contributed by atoms with van der Waals surface area (Å²) >= 11 is 0. The molecule has 3 aromatic rings. The van der Waals surface area contributed by atoms with E-state index in [9.17, 15) is 0 Å². The second-order valence-electron chi connectivity index (χ2n) is 7.71. The number of hydrogen-bond acceptors (Lipinski definition) is 4. The van der Waals surface area contributed by atoms with Gasteiger partial charge in [-0.15, -0.1) is 24.0 Å². The first-order valence-electron chi connectivity index (χ1n) is 9.39. The van der Waals surface area contributed by atoms with Gasteiger partial charge < -0.3 is 15.1 Å². The minimum atomic E-state index is -0.0563. The van der Waals surface area contributed by atoms with E-state index in [1.54, 1.807) is 19.4 Å². The molecule has 7 nitrogen and oxygen atoms in total. The number of aromatic nitrogens is 3. The number of rotatable bonds is 5. The molecule has 8 heteroatoms. The van der Waals surface area contributed by atoms with Gasteiger partial charge in [0, 0.05) is 24.9 Å². The molecule has 0 radical (unpaired) electrons. The Hall–Kier alpha value is -2.36. The SMILES string of the molecule is CN=C(NCc1ncc(C(C)(C)C)o1)NC(C)c1cccc(-n2cccn2)c1.I. The van der Waals surface area contributed by atoms with Crippen LogP contribution < -0.4 is 10.6 Å². The Labute approximate surface area is 189 Å². The van der Waals surface area contributed by atoms with Crippen molar-refractivity contribution in [1.29, 1.82) is 0 Å². The molecular formula is C21H29IN6O. The average molecular weight is 508 g/mol. The van der Waals surface area contributed by atoms with Gasteiger partial charge in [-0.05, 0) is 30.7 Å². The maximum atomic E-state index is 5.82. The predicted molar refractivity (Wildman–Crippen MR) is 126 cm³/mol. The topological polar surface area (TPSA) is 80.3 Å². The molecule has 1 atom stereocenters. The molecule has 0 amide bonds. The summed E-state index contributed by atoms with van der Waals surface area (Å²) in [6.45, 7) is 8.87. The van der Waals surface area contributed by atoms with Crippen molar-refractivity contribution in [2.75, 3.05) is 7.05 Å². The Bertz CT molecular complexity index is 927. The minimum Gasteiger partial charge on any atom is -0.443 e. The minimum absolute atomic E-state index is 0. The summed E-state index contributed by atoms with van der Waals surface area (Å²) in [5.74, 6) is 2.20. The fourth-order valence-electron chi connectivity index (χ4n) is 2.74. The van der Waals surface area contributed by atoms with E-state index in [1.807, 2.05) is 29.1 Å². The molecule has 0 saturated carbocycles. The van der Waals surface area contributed by atoms with Crippen molar-refractivity contribution in [3.05, 3.63) is 66.1 Å². The molecule has 0 bridgehead atoms. The van der Waals surface area contributed by atoms with Crippen LogP contribution in [0, 0.1) is 0 Å². The number of nitrogens with one attached hydrogen (secondary N) is 2. The van der Waals surface area contributed by atoms with Gasteiger partial charge in [-0.3, -0.25) is 4.99 Å². The second kappa shape index (κ2) is 9.91. The molecule has 1 aromatic carbocycles. The number of hydrogen-bond donors (Lipinski definition) is 2. The van der Waals surface area contributed by atoms with E-state index in [1.165, 1.54) is 0 Å². The van der Waals surface area contributed by atoms with Gasteiger partial charge in [-0.2, -0.15) is 5.10 Å². The van der Waals surface area contributed by atoms with Crippen LogP contribution in [0.1, 0.15) is 51.0 Å². The largest absolute Gasteiger partial charge is 0.443 e. The fraction of sp³-hybridized carbons (Fsp3) is 0.381. The third-order valence-electron chi connectivity index (χ3n) is 4.42. The van der Waals surface area contributed by atoms with Crippen LogP contribution >= 0.6 is 24.0 Å². The summed E-state index contributed by atoms with van der Waals surface area (Å²) in [7, 11) is 1.75. The molecular weight excluding hydrogens is 479 g/mol. The summed E-state index contributed by atoms with van der Waals surface area (Å²) in [6, 6.07) is 10.2. The van der Waals surface area contributed by atoms with Crippen molar-refractivity contribution in [3.8, 4) is 5.69 Å². The summed E-state index contributed by atoms with van der Waals surface area (Å²) in [5, 5.41) is 10.9. The van der Waals surface area contributed by atoms with E-state index in [-0.39, 0.29) is 35.4 Å². The molecule has 0 aliphatic heterocycles. The summed E-state index contributed by atoms with van der Waals surface area (Å²) in [6.07, 6.45) is 5.49. The number of halogens is 1. The average Bonchev–Trinajstić information content (AvgIpc) is 3.36. The van der Waals surface area contributed by atoms with E-state index in [4.69, 9.17) is 4.42 Å². The summed E-state index contributed by atoms with van der Waals surface area (Å²) in [5.41, 5.74) is 2.11. The Morgan fingerprint density at radius 1 is 1.28 bits per heavy atom. The first-order valence-corrected chi connectivity index (χ1v) is 9.39. The Kier molecular flexibility index (Phi) is 7.83. The highest BCUT2D eigenvalue weighted by Crippen LogP contribution is 2.22. The third-order valence-corrected chi connectivity index (χ3v) is 4.42. The lowest BCUT2D eigenvalue weighted by atomic mass is 9.94. The van der Waals surface area contributed by atoms with Gasteiger partial charge in [0.25, 0.3) is 0 Å². The van der Waals surface area contributed by atoms with Crippen LogP contribution in [0.2, 0.25) is 0 Å². The number of aliphatic imine (C=N–C) groups is 1. The molecule has 0 aliphatic rings. The zero-order valence-corrected chi connectivity index (χ0v) is 19.8. The second-order valence-corrected chi connectivity index (χ2v) is 7.71. The lowest BCUT2D eigenvalue weighted by molar-refractivity contribution is 0.379. The van der Waals surface area contributed by atoms with Gasteiger partial charge in [-0.1, -0.05) is 32.9 Å².